The first-order valence-corrected chi connectivity index (χ1v) is 6.95. The maximum atomic E-state index is 12.2. The van der Waals surface area contributed by atoms with Crippen LogP contribution in [0.2, 0.25) is 0 Å². The zero-order valence-corrected chi connectivity index (χ0v) is 12.9. The maximum absolute atomic E-state index is 12.2. The van der Waals surface area contributed by atoms with Crippen LogP contribution >= 0.6 is 0 Å². The molecule has 0 bridgehead atoms. The summed E-state index contributed by atoms with van der Waals surface area (Å²) in [5, 5.41) is 7.21. The van der Waals surface area contributed by atoms with Crippen molar-refractivity contribution in [2.45, 2.75) is 20.3 Å². The third-order valence-electron chi connectivity index (χ3n) is 3.61. The zero-order chi connectivity index (χ0) is 15.4. The van der Waals surface area contributed by atoms with Crippen LogP contribution in [0.4, 0.5) is 0 Å². The average molecular weight is 287 g/mol. The number of hydrogen-bond donors (Lipinski definition) is 1. The Bertz CT molecular complexity index is 647. The molecule has 2 rings (SSSR count). The first-order chi connectivity index (χ1) is 10.0. The highest BCUT2D eigenvalue weighted by Gasteiger charge is 2.16. The Labute approximate surface area is 124 Å². The molecule has 0 aliphatic carbocycles. The van der Waals surface area contributed by atoms with Crippen molar-refractivity contribution in [1.82, 2.24) is 15.1 Å². The van der Waals surface area contributed by atoms with Crippen LogP contribution in [0.5, 0.6) is 5.75 Å². The van der Waals surface area contributed by atoms with Crippen LogP contribution in [0.25, 0.3) is 0 Å². The number of rotatable bonds is 5. The molecule has 0 saturated carbocycles. The molecule has 0 fully saturated rings. The average Bonchev–Trinajstić information content (AvgIpc) is 2.72. The van der Waals surface area contributed by atoms with E-state index in [2.05, 4.69) is 10.4 Å². The minimum atomic E-state index is -0.0759. The van der Waals surface area contributed by atoms with Gasteiger partial charge in [0.1, 0.15) is 5.75 Å². The van der Waals surface area contributed by atoms with E-state index in [1.54, 1.807) is 11.8 Å². The van der Waals surface area contributed by atoms with Gasteiger partial charge < -0.3 is 10.1 Å². The third-order valence-corrected chi connectivity index (χ3v) is 3.61. The SMILES string of the molecule is COc1ccccc1CCNC(=O)c1c(C)nn(C)c1C. The van der Waals surface area contributed by atoms with Crippen molar-refractivity contribution in [3.8, 4) is 5.75 Å². The number of benzene rings is 1. The van der Waals surface area contributed by atoms with Gasteiger partial charge in [-0.05, 0) is 31.9 Å². The number of hydrogen-bond acceptors (Lipinski definition) is 3. The lowest BCUT2D eigenvalue weighted by Crippen LogP contribution is -2.26. The molecule has 1 heterocycles. The molecule has 2 aromatic rings. The topological polar surface area (TPSA) is 56.1 Å². The highest BCUT2D eigenvalue weighted by Crippen LogP contribution is 2.17. The van der Waals surface area contributed by atoms with E-state index in [-0.39, 0.29) is 5.91 Å². The minimum Gasteiger partial charge on any atom is -0.496 e. The van der Waals surface area contributed by atoms with Gasteiger partial charge in [-0.3, -0.25) is 9.48 Å². The molecule has 0 radical (unpaired) electrons. The van der Waals surface area contributed by atoms with Gasteiger partial charge >= 0.3 is 0 Å². The number of carbonyl (C=O) groups excluding carboxylic acids is 1. The van der Waals surface area contributed by atoms with Crippen LogP contribution in [0.15, 0.2) is 24.3 Å². The Kier molecular flexibility index (Phi) is 4.62. The summed E-state index contributed by atoms with van der Waals surface area (Å²) in [6, 6.07) is 7.83. The minimum absolute atomic E-state index is 0.0759. The van der Waals surface area contributed by atoms with Gasteiger partial charge in [0.05, 0.1) is 18.4 Å². The fraction of sp³-hybridized carbons (Fsp3) is 0.375. The van der Waals surface area contributed by atoms with Crippen molar-refractivity contribution < 1.29 is 9.53 Å². The van der Waals surface area contributed by atoms with Crippen molar-refractivity contribution in [3.05, 3.63) is 46.8 Å². The number of aryl methyl sites for hydroxylation is 2. The van der Waals surface area contributed by atoms with E-state index in [1.807, 2.05) is 45.2 Å². The standard InChI is InChI=1S/C16H21N3O2/c1-11-15(12(2)19(3)18-11)16(20)17-10-9-13-7-5-6-8-14(13)21-4/h5-8H,9-10H2,1-4H3,(H,17,20). The van der Waals surface area contributed by atoms with Crippen molar-refractivity contribution in [2.75, 3.05) is 13.7 Å². The van der Waals surface area contributed by atoms with Gasteiger partial charge in [0.25, 0.3) is 5.91 Å². The lowest BCUT2D eigenvalue weighted by Gasteiger charge is -2.09. The Morgan fingerprint density at radius 1 is 1.33 bits per heavy atom. The van der Waals surface area contributed by atoms with E-state index in [9.17, 15) is 4.79 Å². The van der Waals surface area contributed by atoms with E-state index in [0.29, 0.717) is 12.1 Å². The highest BCUT2D eigenvalue weighted by molar-refractivity contribution is 5.96. The zero-order valence-electron chi connectivity index (χ0n) is 12.9. The number of aromatic nitrogens is 2. The predicted molar refractivity (Wildman–Crippen MR) is 81.7 cm³/mol. The van der Waals surface area contributed by atoms with Gasteiger partial charge in [-0.15, -0.1) is 0 Å². The maximum Gasteiger partial charge on any atom is 0.255 e. The molecule has 0 unspecified atom stereocenters. The summed E-state index contributed by atoms with van der Waals surface area (Å²) in [6.07, 6.45) is 0.730. The smallest absolute Gasteiger partial charge is 0.255 e. The predicted octanol–water partition coefficient (Wildman–Crippen LogP) is 2.02. The van der Waals surface area contributed by atoms with Crippen molar-refractivity contribution >= 4 is 5.91 Å². The molecule has 0 spiro atoms. The van der Waals surface area contributed by atoms with E-state index in [1.165, 1.54) is 0 Å². The number of methoxy groups -OCH3 is 1. The molecule has 0 atom stereocenters. The molecule has 0 saturated heterocycles. The molecule has 1 aromatic heterocycles. The Hall–Kier alpha value is -2.30. The molecule has 1 aromatic carbocycles. The van der Waals surface area contributed by atoms with E-state index >= 15 is 0 Å². The molecular weight excluding hydrogens is 266 g/mol. The molecule has 112 valence electrons. The second kappa shape index (κ2) is 6.43. The second-order valence-electron chi connectivity index (χ2n) is 4.99. The van der Waals surface area contributed by atoms with Crippen molar-refractivity contribution in [3.63, 3.8) is 0 Å². The lowest BCUT2D eigenvalue weighted by atomic mass is 10.1. The van der Waals surface area contributed by atoms with Gasteiger partial charge in [0, 0.05) is 19.3 Å². The van der Waals surface area contributed by atoms with Gasteiger partial charge in [-0.2, -0.15) is 5.10 Å². The van der Waals surface area contributed by atoms with Crippen LogP contribution in [0, 0.1) is 13.8 Å². The summed E-state index contributed by atoms with van der Waals surface area (Å²) in [5.41, 5.74) is 3.38. The molecule has 1 amide bonds. The van der Waals surface area contributed by atoms with Gasteiger partial charge in [-0.1, -0.05) is 18.2 Å². The van der Waals surface area contributed by atoms with Crippen LogP contribution in [0.1, 0.15) is 27.3 Å². The summed E-state index contributed by atoms with van der Waals surface area (Å²) in [6.45, 7) is 4.31. The van der Waals surface area contributed by atoms with Crippen LogP contribution in [0.3, 0.4) is 0 Å². The summed E-state index contributed by atoms with van der Waals surface area (Å²) in [5.74, 6) is 0.772. The number of ether oxygens (including phenoxy) is 1. The molecule has 0 aliphatic rings. The molecule has 1 N–H and O–H groups in total. The van der Waals surface area contributed by atoms with E-state index in [4.69, 9.17) is 4.74 Å². The number of carbonyl (C=O) groups is 1. The normalized spacial score (nSPS) is 10.5. The van der Waals surface area contributed by atoms with Crippen LogP contribution < -0.4 is 10.1 Å². The quantitative estimate of drug-likeness (QED) is 0.915. The number of amides is 1. The summed E-state index contributed by atoms with van der Waals surface area (Å²) >= 11 is 0. The highest BCUT2D eigenvalue weighted by atomic mass is 16.5. The van der Waals surface area contributed by atoms with Crippen molar-refractivity contribution in [2.24, 2.45) is 7.05 Å². The second-order valence-corrected chi connectivity index (χ2v) is 4.99. The third kappa shape index (κ3) is 3.24. The first-order valence-electron chi connectivity index (χ1n) is 6.95. The Morgan fingerprint density at radius 2 is 2.05 bits per heavy atom. The van der Waals surface area contributed by atoms with E-state index < -0.39 is 0 Å². The van der Waals surface area contributed by atoms with E-state index in [0.717, 1.165) is 29.1 Å². The molecule has 0 aliphatic heterocycles. The van der Waals surface area contributed by atoms with Gasteiger partial charge in [0.2, 0.25) is 0 Å². The first kappa shape index (κ1) is 15.1. The van der Waals surface area contributed by atoms with Gasteiger partial charge in [0.15, 0.2) is 0 Å². The summed E-state index contributed by atoms with van der Waals surface area (Å²) < 4.78 is 7.03. The Morgan fingerprint density at radius 3 is 2.67 bits per heavy atom. The largest absolute Gasteiger partial charge is 0.496 e. The molecular formula is C16H21N3O2. The summed E-state index contributed by atoms with van der Waals surface area (Å²) in [7, 11) is 3.49. The Balaban J connectivity index is 1.99. The fourth-order valence-electron chi connectivity index (χ4n) is 2.41. The number of para-hydroxylation sites is 1. The lowest BCUT2D eigenvalue weighted by molar-refractivity contribution is 0.0952. The molecule has 21 heavy (non-hydrogen) atoms. The number of nitrogens with zero attached hydrogens (tertiary/aromatic N) is 2. The number of nitrogens with one attached hydrogen (secondary N) is 1. The summed E-state index contributed by atoms with van der Waals surface area (Å²) in [4.78, 5) is 12.2. The molecule has 5 nitrogen and oxygen atoms in total. The fourth-order valence-corrected chi connectivity index (χ4v) is 2.41. The monoisotopic (exact) mass is 287 g/mol. The van der Waals surface area contributed by atoms with Crippen molar-refractivity contribution in [1.29, 1.82) is 0 Å². The van der Waals surface area contributed by atoms with Gasteiger partial charge in [-0.25, -0.2) is 0 Å². The molecule has 5 heteroatoms. The van der Waals surface area contributed by atoms with Crippen LogP contribution in [-0.4, -0.2) is 29.3 Å². The van der Waals surface area contributed by atoms with Crippen LogP contribution in [-0.2, 0) is 13.5 Å².